The van der Waals surface area contributed by atoms with E-state index in [0.717, 1.165) is 27.0 Å². The number of azo groups is 1. The number of rotatable bonds is 4. The maximum Gasteiger partial charge on any atom is 0.237 e. The summed E-state index contributed by atoms with van der Waals surface area (Å²) in [4.78, 5) is 5.48. The molecule has 0 saturated heterocycles. The van der Waals surface area contributed by atoms with Gasteiger partial charge in [0, 0.05) is 15.6 Å². The zero-order valence-electron chi connectivity index (χ0n) is 15.6. The molecule has 0 radical (unpaired) electrons. The number of halogens is 1. The quantitative estimate of drug-likeness (QED) is 0.272. The molecule has 0 aliphatic carbocycles. The van der Waals surface area contributed by atoms with Crippen molar-refractivity contribution in [3.8, 4) is 28.4 Å². The SMILES string of the molecule is Oc1c(N=Nc2ccc(Br)cc2)sc2nc(-c3ccccc3)c(-c3ccccc3)n12. The van der Waals surface area contributed by atoms with Crippen LogP contribution in [0.1, 0.15) is 0 Å². The van der Waals surface area contributed by atoms with Crippen LogP contribution in [0, 0.1) is 0 Å². The fourth-order valence-electron chi connectivity index (χ4n) is 3.23. The lowest BCUT2D eigenvalue weighted by molar-refractivity contribution is 0.451. The zero-order valence-corrected chi connectivity index (χ0v) is 18.0. The number of benzene rings is 3. The molecule has 0 aliphatic heterocycles. The molecule has 0 fully saturated rings. The molecule has 0 atom stereocenters. The molecule has 5 aromatic rings. The predicted molar refractivity (Wildman–Crippen MR) is 124 cm³/mol. The van der Waals surface area contributed by atoms with Gasteiger partial charge in [0.05, 0.1) is 17.1 Å². The van der Waals surface area contributed by atoms with Gasteiger partial charge in [-0.25, -0.2) is 4.98 Å². The third-order valence-electron chi connectivity index (χ3n) is 4.62. The molecule has 146 valence electrons. The lowest BCUT2D eigenvalue weighted by Crippen LogP contribution is -1.88. The highest BCUT2D eigenvalue weighted by Gasteiger charge is 2.22. The van der Waals surface area contributed by atoms with E-state index in [1.807, 2.05) is 84.9 Å². The summed E-state index contributed by atoms with van der Waals surface area (Å²) in [6, 6.07) is 27.4. The summed E-state index contributed by atoms with van der Waals surface area (Å²) in [5, 5.41) is 19.9. The van der Waals surface area contributed by atoms with Gasteiger partial charge in [-0.3, -0.25) is 4.40 Å². The van der Waals surface area contributed by atoms with Crippen LogP contribution in [-0.2, 0) is 0 Å². The highest BCUT2D eigenvalue weighted by Crippen LogP contribution is 2.44. The van der Waals surface area contributed by atoms with E-state index in [1.54, 1.807) is 4.40 Å². The Morgan fingerprint density at radius 2 is 1.43 bits per heavy atom. The summed E-state index contributed by atoms with van der Waals surface area (Å²) in [5.74, 6) is 0.0318. The summed E-state index contributed by atoms with van der Waals surface area (Å²) in [5.41, 5.74) is 4.31. The van der Waals surface area contributed by atoms with Gasteiger partial charge in [0.25, 0.3) is 0 Å². The van der Waals surface area contributed by atoms with Gasteiger partial charge in [0.2, 0.25) is 10.9 Å². The molecular formula is C23H15BrN4OS. The number of thiazole rings is 1. The van der Waals surface area contributed by atoms with Crippen LogP contribution in [0.5, 0.6) is 5.88 Å². The zero-order chi connectivity index (χ0) is 20.5. The first kappa shape index (κ1) is 18.7. The average molecular weight is 475 g/mol. The normalized spacial score (nSPS) is 11.5. The van der Waals surface area contributed by atoms with Gasteiger partial charge in [-0.15, -0.1) is 10.2 Å². The highest BCUT2D eigenvalue weighted by atomic mass is 79.9. The first-order valence-electron chi connectivity index (χ1n) is 9.23. The topological polar surface area (TPSA) is 62.2 Å². The molecule has 0 unspecified atom stereocenters. The molecule has 0 saturated carbocycles. The maximum absolute atomic E-state index is 11.0. The van der Waals surface area contributed by atoms with E-state index >= 15 is 0 Å². The molecule has 0 amide bonds. The number of fused-ring (bicyclic) bond motifs is 1. The standard InChI is InChI=1S/C23H15BrN4OS/c24-17-11-13-18(14-12-17)26-27-21-22(29)28-20(16-9-5-2-6-10-16)19(25-23(28)30-21)15-7-3-1-4-8-15/h1-14,29H. The Hall–Kier alpha value is -3.29. The van der Waals surface area contributed by atoms with E-state index in [1.165, 1.54) is 11.3 Å². The summed E-state index contributed by atoms with van der Waals surface area (Å²) in [7, 11) is 0. The molecule has 7 heteroatoms. The molecular weight excluding hydrogens is 460 g/mol. The van der Waals surface area contributed by atoms with E-state index in [4.69, 9.17) is 4.98 Å². The van der Waals surface area contributed by atoms with Gasteiger partial charge < -0.3 is 5.11 Å². The molecule has 30 heavy (non-hydrogen) atoms. The number of hydrogen-bond donors (Lipinski definition) is 1. The molecule has 5 nitrogen and oxygen atoms in total. The minimum atomic E-state index is 0.0318. The smallest absolute Gasteiger partial charge is 0.237 e. The Labute approximate surface area is 185 Å². The van der Waals surface area contributed by atoms with Crippen LogP contribution in [0.3, 0.4) is 0 Å². The van der Waals surface area contributed by atoms with Gasteiger partial charge in [-0.1, -0.05) is 87.9 Å². The molecule has 0 spiro atoms. The van der Waals surface area contributed by atoms with E-state index in [-0.39, 0.29) is 5.88 Å². The molecule has 0 aliphatic rings. The van der Waals surface area contributed by atoms with E-state index in [0.29, 0.717) is 15.6 Å². The summed E-state index contributed by atoms with van der Waals surface area (Å²) in [6.07, 6.45) is 0. The van der Waals surface area contributed by atoms with Crippen molar-refractivity contribution < 1.29 is 5.11 Å². The van der Waals surface area contributed by atoms with Gasteiger partial charge in [0.1, 0.15) is 0 Å². The van der Waals surface area contributed by atoms with Crippen molar-refractivity contribution in [2.75, 3.05) is 0 Å². The summed E-state index contributed by atoms with van der Waals surface area (Å²) >= 11 is 4.71. The Balaban J connectivity index is 1.66. The number of imidazole rings is 1. The van der Waals surface area contributed by atoms with Crippen molar-refractivity contribution >= 4 is 42.9 Å². The molecule has 5 rings (SSSR count). The summed E-state index contributed by atoms with van der Waals surface area (Å²) in [6.45, 7) is 0. The fourth-order valence-corrected chi connectivity index (χ4v) is 4.34. The fraction of sp³-hybridized carbons (Fsp3) is 0. The second kappa shape index (κ2) is 7.85. The van der Waals surface area contributed by atoms with Gasteiger partial charge in [0.15, 0.2) is 4.96 Å². The van der Waals surface area contributed by atoms with Crippen molar-refractivity contribution in [2.45, 2.75) is 0 Å². The van der Waals surface area contributed by atoms with Gasteiger partial charge in [-0.05, 0) is 24.3 Å². The Bertz CT molecular complexity index is 1340. The monoisotopic (exact) mass is 474 g/mol. The third kappa shape index (κ3) is 3.42. The van der Waals surface area contributed by atoms with Crippen LogP contribution in [0.15, 0.2) is 99.6 Å². The number of aromatic hydroxyl groups is 1. The number of hydrogen-bond acceptors (Lipinski definition) is 5. The summed E-state index contributed by atoms with van der Waals surface area (Å²) < 4.78 is 2.72. The number of aromatic nitrogens is 2. The third-order valence-corrected chi connectivity index (χ3v) is 6.06. The molecule has 2 aromatic heterocycles. The van der Waals surface area contributed by atoms with E-state index in [2.05, 4.69) is 26.2 Å². The predicted octanol–water partition coefficient (Wildman–Crippen LogP) is 7.61. The minimum absolute atomic E-state index is 0.0318. The van der Waals surface area contributed by atoms with Crippen molar-refractivity contribution in [2.24, 2.45) is 10.2 Å². The van der Waals surface area contributed by atoms with Crippen molar-refractivity contribution in [1.29, 1.82) is 0 Å². The van der Waals surface area contributed by atoms with Crippen molar-refractivity contribution in [1.82, 2.24) is 9.38 Å². The van der Waals surface area contributed by atoms with Crippen LogP contribution in [0.4, 0.5) is 10.7 Å². The van der Waals surface area contributed by atoms with Crippen LogP contribution < -0.4 is 0 Å². The van der Waals surface area contributed by atoms with Crippen LogP contribution in [0.2, 0.25) is 0 Å². The maximum atomic E-state index is 11.0. The Morgan fingerprint density at radius 1 is 0.800 bits per heavy atom. The molecule has 0 bridgehead atoms. The van der Waals surface area contributed by atoms with Crippen LogP contribution in [0.25, 0.3) is 27.5 Å². The van der Waals surface area contributed by atoms with Crippen LogP contribution >= 0.6 is 27.3 Å². The number of nitrogens with zero attached hydrogens (tertiary/aromatic N) is 4. The largest absolute Gasteiger partial charge is 0.492 e. The Kier molecular flexibility index (Phi) is 4.90. The highest BCUT2D eigenvalue weighted by molar-refractivity contribution is 9.10. The van der Waals surface area contributed by atoms with Crippen molar-refractivity contribution in [3.63, 3.8) is 0 Å². The van der Waals surface area contributed by atoms with E-state index < -0.39 is 0 Å². The second-order valence-corrected chi connectivity index (χ2v) is 8.44. The first-order chi connectivity index (χ1) is 14.7. The van der Waals surface area contributed by atoms with Gasteiger partial charge in [-0.2, -0.15) is 0 Å². The second-order valence-electron chi connectivity index (χ2n) is 6.57. The first-order valence-corrected chi connectivity index (χ1v) is 10.8. The van der Waals surface area contributed by atoms with Gasteiger partial charge >= 0.3 is 0 Å². The lowest BCUT2D eigenvalue weighted by Gasteiger charge is -2.05. The van der Waals surface area contributed by atoms with Crippen LogP contribution in [-0.4, -0.2) is 14.5 Å². The molecule has 2 heterocycles. The van der Waals surface area contributed by atoms with E-state index in [9.17, 15) is 5.11 Å². The lowest BCUT2D eigenvalue weighted by atomic mass is 10.1. The molecule has 1 N–H and O–H groups in total. The Morgan fingerprint density at radius 3 is 2.10 bits per heavy atom. The molecule has 3 aromatic carbocycles. The average Bonchev–Trinajstić information content (AvgIpc) is 3.31. The minimum Gasteiger partial charge on any atom is -0.492 e. The van der Waals surface area contributed by atoms with Crippen molar-refractivity contribution in [3.05, 3.63) is 89.4 Å².